The van der Waals surface area contributed by atoms with Crippen molar-refractivity contribution in [2.24, 2.45) is 0 Å². The fourth-order valence-electron chi connectivity index (χ4n) is 0.644. The molecule has 0 aromatic heterocycles. The number of imide groups is 1. The molecule has 0 heterocycles. The molecule has 0 aromatic carbocycles. The van der Waals surface area contributed by atoms with E-state index in [4.69, 9.17) is 5.11 Å². The van der Waals surface area contributed by atoms with Gasteiger partial charge in [0.05, 0.1) is 0 Å². The number of ether oxygens (including phenoxy) is 1. The molecule has 0 bridgehead atoms. The Labute approximate surface area is 92.5 Å². The lowest BCUT2D eigenvalue weighted by Crippen LogP contribution is -2.41. The third-order valence-corrected chi connectivity index (χ3v) is 1.47. The van der Waals surface area contributed by atoms with E-state index < -0.39 is 30.6 Å². The van der Waals surface area contributed by atoms with Crippen LogP contribution in [-0.4, -0.2) is 42.3 Å². The lowest BCUT2D eigenvalue weighted by Gasteiger charge is -2.08. The Hall–Kier alpha value is -1.89. The van der Waals surface area contributed by atoms with E-state index >= 15 is 0 Å². The van der Waals surface area contributed by atoms with Crippen LogP contribution in [-0.2, 0) is 14.3 Å². The molecule has 0 aliphatic heterocycles. The number of hydrogen-bond acceptors (Lipinski definition) is 4. The maximum atomic E-state index is 11.0. The highest BCUT2D eigenvalue weighted by molar-refractivity contribution is 5.95. The molecule has 0 saturated heterocycles. The molecule has 0 aliphatic rings. The fourth-order valence-corrected chi connectivity index (χ4v) is 0.644. The third-order valence-electron chi connectivity index (χ3n) is 1.47. The van der Waals surface area contributed by atoms with Gasteiger partial charge < -0.3 is 15.2 Å². The van der Waals surface area contributed by atoms with Crippen LogP contribution in [0.15, 0.2) is 12.7 Å². The summed E-state index contributed by atoms with van der Waals surface area (Å²) in [6.07, 6.45) is 0.356. The van der Waals surface area contributed by atoms with Crippen molar-refractivity contribution in [2.75, 3.05) is 13.2 Å². The van der Waals surface area contributed by atoms with Crippen LogP contribution in [0.25, 0.3) is 0 Å². The number of rotatable bonds is 6. The van der Waals surface area contributed by atoms with Gasteiger partial charge in [-0.15, -0.1) is 6.58 Å². The molecule has 7 heteroatoms. The van der Waals surface area contributed by atoms with Gasteiger partial charge >= 0.3 is 12.0 Å². The van der Waals surface area contributed by atoms with Crippen LogP contribution in [0.3, 0.4) is 0 Å². The first-order chi connectivity index (χ1) is 7.47. The van der Waals surface area contributed by atoms with E-state index in [-0.39, 0.29) is 6.54 Å². The minimum absolute atomic E-state index is 0.228. The summed E-state index contributed by atoms with van der Waals surface area (Å²) in [5.74, 6) is -1.89. The first kappa shape index (κ1) is 14.1. The van der Waals surface area contributed by atoms with E-state index in [9.17, 15) is 14.4 Å². The molecule has 16 heavy (non-hydrogen) atoms. The predicted octanol–water partition coefficient (Wildman–Crippen LogP) is -0.512. The maximum Gasteiger partial charge on any atom is 0.332 e. The van der Waals surface area contributed by atoms with Gasteiger partial charge in [0.15, 0.2) is 6.10 Å². The van der Waals surface area contributed by atoms with E-state index in [1.54, 1.807) is 0 Å². The second-order valence-electron chi connectivity index (χ2n) is 2.84. The molecule has 0 aromatic rings. The van der Waals surface area contributed by atoms with Gasteiger partial charge in [-0.25, -0.2) is 9.59 Å². The SMILES string of the molecule is C=CCNC(=O)NC(=O)CO[C@@H](C)C(=O)O. The van der Waals surface area contributed by atoms with Gasteiger partial charge in [0.2, 0.25) is 0 Å². The number of hydrogen-bond donors (Lipinski definition) is 3. The Balaban J connectivity index is 3.78. The monoisotopic (exact) mass is 230 g/mol. The van der Waals surface area contributed by atoms with Crippen molar-refractivity contribution in [3.63, 3.8) is 0 Å². The van der Waals surface area contributed by atoms with Crippen molar-refractivity contribution in [3.05, 3.63) is 12.7 Å². The highest BCUT2D eigenvalue weighted by Crippen LogP contribution is 1.89. The zero-order valence-electron chi connectivity index (χ0n) is 8.86. The van der Waals surface area contributed by atoms with Crippen LogP contribution >= 0.6 is 0 Å². The summed E-state index contributed by atoms with van der Waals surface area (Å²) in [5, 5.41) is 12.7. The molecule has 7 nitrogen and oxygen atoms in total. The zero-order valence-corrected chi connectivity index (χ0v) is 8.86. The molecule has 0 radical (unpaired) electrons. The van der Waals surface area contributed by atoms with Gasteiger partial charge in [-0.05, 0) is 6.92 Å². The predicted molar refractivity (Wildman–Crippen MR) is 54.8 cm³/mol. The molecule has 3 N–H and O–H groups in total. The normalized spacial score (nSPS) is 11.3. The van der Waals surface area contributed by atoms with Crippen molar-refractivity contribution >= 4 is 17.9 Å². The first-order valence-electron chi connectivity index (χ1n) is 4.50. The van der Waals surface area contributed by atoms with Gasteiger partial charge in [0.1, 0.15) is 6.61 Å². The van der Waals surface area contributed by atoms with Gasteiger partial charge in [-0.2, -0.15) is 0 Å². The standard InChI is InChI=1S/C9H14N2O5/c1-3-4-10-9(15)11-7(12)5-16-6(2)8(13)14/h3,6H,1,4-5H2,2H3,(H,13,14)(H2,10,11,12,15)/t6-/m0/s1. The molecule has 0 aliphatic carbocycles. The quantitative estimate of drug-likeness (QED) is 0.533. The summed E-state index contributed by atoms with van der Waals surface area (Å²) in [6, 6.07) is -0.684. The van der Waals surface area contributed by atoms with E-state index in [0.717, 1.165) is 0 Å². The lowest BCUT2D eigenvalue weighted by molar-refractivity contribution is -0.150. The summed E-state index contributed by atoms with van der Waals surface area (Å²) in [7, 11) is 0. The summed E-state index contributed by atoms with van der Waals surface area (Å²) in [6.45, 7) is 4.40. The molecule has 3 amide bonds. The van der Waals surface area contributed by atoms with Crippen LogP contribution in [0.4, 0.5) is 4.79 Å². The minimum atomic E-state index is -1.18. The fraction of sp³-hybridized carbons (Fsp3) is 0.444. The lowest BCUT2D eigenvalue weighted by atomic mass is 10.4. The van der Waals surface area contributed by atoms with Gasteiger partial charge in [0.25, 0.3) is 5.91 Å². The number of carboxylic acid groups (broad SMARTS) is 1. The molecule has 0 unspecified atom stereocenters. The number of amides is 3. The van der Waals surface area contributed by atoms with Crippen molar-refractivity contribution < 1.29 is 24.2 Å². The van der Waals surface area contributed by atoms with Crippen molar-refractivity contribution in [2.45, 2.75) is 13.0 Å². The molecule has 1 atom stereocenters. The van der Waals surface area contributed by atoms with Crippen LogP contribution in [0, 0.1) is 0 Å². The second-order valence-corrected chi connectivity index (χ2v) is 2.84. The van der Waals surface area contributed by atoms with Crippen LogP contribution in [0.1, 0.15) is 6.92 Å². The summed E-state index contributed by atoms with van der Waals surface area (Å²) in [5.41, 5.74) is 0. The topological polar surface area (TPSA) is 105 Å². The Morgan fingerprint density at radius 3 is 2.62 bits per heavy atom. The molecular formula is C9H14N2O5. The average molecular weight is 230 g/mol. The minimum Gasteiger partial charge on any atom is -0.479 e. The van der Waals surface area contributed by atoms with E-state index in [0.29, 0.717) is 0 Å². The van der Waals surface area contributed by atoms with Crippen LogP contribution < -0.4 is 10.6 Å². The van der Waals surface area contributed by atoms with E-state index in [1.165, 1.54) is 13.0 Å². The van der Waals surface area contributed by atoms with Crippen molar-refractivity contribution in [1.29, 1.82) is 0 Å². The average Bonchev–Trinajstić information content (AvgIpc) is 2.22. The number of urea groups is 1. The largest absolute Gasteiger partial charge is 0.479 e. The highest BCUT2D eigenvalue weighted by Gasteiger charge is 2.14. The summed E-state index contributed by atoms with van der Waals surface area (Å²) < 4.78 is 4.66. The number of nitrogens with one attached hydrogen (secondary N) is 2. The highest BCUT2D eigenvalue weighted by atomic mass is 16.5. The molecule has 0 saturated carbocycles. The molecule has 0 spiro atoms. The van der Waals surface area contributed by atoms with Crippen molar-refractivity contribution in [3.8, 4) is 0 Å². The van der Waals surface area contributed by atoms with E-state index in [1.807, 2.05) is 5.32 Å². The first-order valence-corrected chi connectivity index (χ1v) is 4.50. The molecule has 0 rings (SSSR count). The zero-order chi connectivity index (χ0) is 12.6. The molecular weight excluding hydrogens is 216 g/mol. The summed E-state index contributed by atoms with van der Waals surface area (Å²) >= 11 is 0. The number of carboxylic acids is 1. The Bertz CT molecular complexity index is 290. The Morgan fingerprint density at radius 1 is 1.50 bits per heavy atom. The van der Waals surface area contributed by atoms with E-state index in [2.05, 4.69) is 16.6 Å². The van der Waals surface area contributed by atoms with Crippen LogP contribution in [0.5, 0.6) is 0 Å². The Kier molecular flexibility index (Phi) is 6.53. The Morgan fingerprint density at radius 2 is 2.12 bits per heavy atom. The van der Waals surface area contributed by atoms with Crippen LogP contribution in [0.2, 0.25) is 0 Å². The van der Waals surface area contributed by atoms with Crippen molar-refractivity contribution in [1.82, 2.24) is 10.6 Å². The number of carbonyl (C=O) groups is 3. The van der Waals surface area contributed by atoms with Gasteiger partial charge in [-0.3, -0.25) is 10.1 Å². The third kappa shape index (κ3) is 6.55. The second kappa shape index (κ2) is 7.41. The number of carbonyl (C=O) groups excluding carboxylic acids is 2. The maximum absolute atomic E-state index is 11.0. The number of aliphatic carboxylic acids is 1. The molecule has 90 valence electrons. The van der Waals surface area contributed by atoms with Gasteiger partial charge in [0, 0.05) is 6.54 Å². The molecule has 0 fully saturated rings. The van der Waals surface area contributed by atoms with Gasteiger partial charge in [-0.1, -0.05) is 6.08 Å². The summed E-state index contributed by atoms with van der Waals surface area (Å²) in [4.78, 5) is 32.3. The smallest absolute Gasteiger partial charge is 0.332 e.